The molecule has 6 nitrogen and oxygen atoms in total. The average molecular weight is 272 g/mol. The number of carbonyl (C=O) groups is 2. The number of nitro benzene ring substituents is 1. The molecule has 0 saturated carbocycles. The molecular weight excluding hydrogens is 260 g/mol. The van der Waals surface area contributed by atoms with Crippen molar-refractivity contribution in [1.82, 2.24) is 4.90 Å². The average Bonchev–Trinajstić information content (AvgIpc) is 2.45. The van der Waals surface area contributed by atoms with Gasteiger partial charge in [-0.05, 0) is 36.3 Å². The molecule has 0 N–H and O–H groups in total. The molecule has 0 aromatic heterocycles. The lowest BCUT2D eigenvalue weighted by Crippen LogP contribution is -2.37. The summed E-state index contributed by atoms with van der Waals surface area (Å²) in [6, 6.07) is 5.80. The van der Waals surface area contributed by atoms with Gasteiger partial charge in [-0.2, -0.15) is 0 Å². The SMILES string of the molecule is O=C1C=CCCN1C(=O)/C=C/c1ccc([N+](=O)[O-])cc1. The van der Waals surface area contributed by atoms with Gasteiger partial charge in [0.05, 0.1) is 4.92 Å². The van der Waals surface area contributed by atoms with Crippen molar-refractivity contribution in [3.63, 3.8) is 0 Å². The van der Waals surface area contributed by atoms with E-state index in [2.05, 4.69) is 0 Å². The highest BCUT2D eigenvalue weighted by atomic mass is 16.6. The summed E-state index contributed by atoms with van der Waals surface area (Å²) in [5.74, 6) is -0.715. The van der Waals surface area contributed by atoms with E-state index < -0.39 is 10.8 Å². The summed E-state index contributed by atoms with van der Waals surface area (Å²) in [5.41, 5.74) is 0.647. The van der Waals surface area contributed by atoms with E-state index in [4.69, 9.17) is 0 Å². The van der Waals surface area contributed by atoms with Crippen LogP contribution in [-0.4, -0.2) is 28.2 Å². The number of amides is 2. The summed E-state index contributed by atoms with van der Waals surface area (Å²) in [6.07, 6.45) is 6.58. The maximum atomic E-state index is 11.8. The quantitative estimate of drug-likeness (QED) is 0.478. The van der Waals surface area contributed by atoms with E-state index in [0.29, 0.717) is 18.5 Å². The monoisotopic (exact) mass is 272 g/mol. The summed E-state index contributed by atoms with van der Waals surface area (Å²) in [6.45, 7) is 0.374. The molecule has 6 heteroatoms. The van der Waals surface area contributed by atoms with Crippen LogP contribution in [0.5, 0.6) is 0 Å². The normalized spacial score (nSPS) is 14.8. The minimum atomic E-state index is -0.489. The number of nitro groups is 1. The Balaban J connectivity index is 2.05. The Kier molecular flexibility index (Phi) is 4.05. The molecule has 2 amide bonds. The van der Waals surface area contributed by atoms with Crippen molar-refractivity contribution < 1.29 is 14.5 Å². The van der Waals surface area contributed by atoms with E-state index in [1.165, 1.54) is 30.4 Å². The Morgan fingerprint density at radius 1 is 1.30 bits per heavy atom. The number of hydrogen-bond donors (Lipinski definition) is 0. The molecule has 0 fully saturated rings. The Morgan fingerprint density at radius 3 is 2.60 bits per heavy atom. The maximum Gasteiger partial charge on any atom is 0.269 e. The van der Waals surface area contributed by atoms with Gasteiger partial charge >= 0.3 is 0 Å². The van der Waals surface area contributed by atoms with Gasteiger partial charge in [-0.25, -0.2) is 0 Å². The Hall–Kier alpha value is -2.76. The number of nitrogens with zero attached hydrogens (tertiary/aromatic N) is 2. The molecule has 0 bridgehead atoms. The molecule has 2 rings (SSSR count). The van der Waals surface area contributed by atoms with Gasteiger partial charge in [0.15, 0.2) is 0 Å². The van der Waals surface area contributed by atoms with E-state index >= 15 is 0 Å². The van der Waals surface area contributed by atoms with Gasteiger partial charge in [0.1, 0.15) is 0 Å². The van der Waals surface area contributed by atoms with Crippen LogP contribution in [0.4, 0.5) is 5.69 Å². The van der Waals surface area contributed by atoms with Crippen LogP contribution in [0.15, 0.2) is 42.5 Å². The van der Waals surface area contributed by atoms with Crippen molar-refractivity contribution in [1.29, 1.82) is 0 Å². The van der Waals surface area contributed by atoms with Crippen molar-refractivity contribution >= 4 is 23.6 Å². The first-order valence-corrected chi connectivity index (χ1v) is 6.02. The predicted octanol–water partition coefficient (Wildman–Crippen LogP) is 1.92. The van der Waals surface area contributed by atoms with Crippen molar-refractivity contribution in [2.45, 2.75) is 6.42 Å². The van der Waals surface area contributed by atoms with Crippen LogP contribution in [0.3, 0.4) is 0 Å². The Labute approximate surface area is 115 Å². The summed E-state index contributed by atoms with van der Waals surface area (Å²) in [7, 11) is 0. The minimum Gasteiger partial charge on any atom is -0.275 e. The van der Waals surface area contributed by atoms with Crippen LogP contribution >= 0.6 is 0 Å². The molecule has 1 aromatic carbocycles. The molecule has 0 saturated heterocycles. The van der Waals surface area contributed by atoms with Crippen LogP contribution in [0.25, 0.3) is 6.08 Å². The minimum absolute atomic E-state index is 0.00942. The molecule has 1 aromatic rings. The van der Waals surface area contributed by atoms with Crippen molar-refractivity contribution in [2.24, 2.45) is 0 Å². The molecule has 1 heterocycles. The smallest absolute Gasteiger partial charge is 0.269 e. The van der Waals surface area contributed by atoms with Crippen LogP contribution in [-0.2, 0) is 9.59 Å². The standard InChI is InChI=1S/C14H12N2O4/c17-13-3-1-2-10-15(13)14(18)9-6-11-4-7-12(8-5-11)16(19)20/h1,3-9H,2,10H2/b9-6+. The predicted molar refractivity (Wildman–Crippen MR) is 72.6 cm³/mol. The number of imide groups is 1. The van der Waals surface area contributed by atoms with Gasteiger partial charge in [0, 0.05) is 24.8 Å². The van der Waals surface area contributed by atoms with Gasteiger partial charge in [-0.15, -0.1) is 0 Å². The first-order valence-electron chi connectivity index (χ1n) is 6.02. The van der Waals surface area contributed by atoms with Crippen molar-refractivity contribution in [2.75, 3.05) is 6.54 Å². The van der Waals surface area contributed by atoms with Gasteiger partial charge in [0.2, 0.25) is 0 Å². The molecule has 1 aliphatic rings. The van der Waals surface area contributed by atoms with Gasteiger partial charge in [-0.1, -0.05) is 6.08 Å². The first kappa shape index (κ1) is 13.7. The second-order valence-electron chi connectivity index (χ2n) is 4.20. The maximum absolute atomic E-state index is 11.8. The Morgan fingerprint density at radius 2 is 2.00 bits per heavy atom. The highest BCUT2D eigenvalue weighted by Gasteiger charge is 2.18. The van der Waals surface area contributed by atoms with Gasteiger partial charge in [-0.3, -0.25) is 24.6 Å². The van der Waals surface area contributed by atoms with Crippen LogP contribution in [0.2, 0.25) is 0 Å². The van der Waals surface area contributed by atoms with E-state index in [9.17, 15) is 19.7 Å². The largest absolute Gasteiger partial charge is 0.275 e. The molecule has 102 valence electrons. The Bertz CT molecular complexity index is 602. The number of hydrogen-bond acceptors (Lipinski definition) is 4. The molecular formula is C14H12N2O4. The van der Waals surface area contributed by atoms with E-state index in [1.54, 1.807) is 18.2 Å². The highest BCUT2D eigenvalue weighted by molar-refractivity contribution is 6.06. The summed E-state index contributed by atoms with van der Waals surface area (Å²) in [4.78, 5) is 34.5. The highest BCUT2D eigenvalue weighted by Crippen LogP contribution is 2.13. The number of rotatable bonds is 3. The zero-order chi connectivity index (χ0) is 14.5. The number of benzene rings is 1. The fourth-order valence-electron chi connectivity index (χ4n) is 1.77. The van der Waals surface area contributed by atoms with Crippen molar-refractivity contribution in [3.05, 3.63) is 58.2 Å². The van der Waals surface area contributed by atoms with Crippen LogP contribution < -0.4 is 0 Å². The van der Waals surface area contributed by atoms with E-state index in [-0.39, 0.29) is 11.6 Å². The lowest BCUT2D eigenvalue weighted by atomic mass is 10.2. The summed E-state index contributed by atoms with van der Waals surface area (Å²) >= 11 is 0. The first-order chi connectivity index (χ1) is 9.58. The molecule has 0 unspecified atom stereocenters. The van der Waals surface area contributed by atoms with Crippen LogP contribution in [0, 0.1) is 10.1 Å². The molecule has 20 heavy (non-hydrogen) atoms. The fraction of sp³-hybridized carbons (Fsp3) is 0.143. The third kappa shape index (κ3) is 3.17. The zero-order valence-electron chi connectivity index (χ0n) is 10.6. The van der Waals surface area contributed by atoms with Gasteiger partial charge in [0.25, 0.3) is 17.5 Å². The second kappa shape index (κ2) is 5.92. The van der Waals surface area contributed by atoms with Gasteiger partial charge < -0.3 is 0 Å². The van der Waals surface area contributed by atoms with Crippen LogP contribution in [0.1, 0.15) is 12.0 Å². The molecule has 0 atom stereocenters. The lowest BCUT2D eigenvalue weighted by Gasteiger charge is -2.19. The topological polar surface area (TPSA) is 80.5 Å². The molecule has 0 radical (unpaired) electrons. The molecule has 1 aliphatic heterocycles. The third-order valence-electron chi connectivity index (χ3n) is 2.83. The second-order valence-corrected chi connectivity index (χ2v) is 4.20. The third-order valence-corrected chi connectivity index (χ3v) is 2.83. The van der Waals surface area contributed by atoms with E-state index in [1.807, 2.05) is 0 Å². The lowest BCUT2D eigenvalue weighted by molar-refractivity contribution is -0.384. The van der Waals surface area contributed by atoms with E-state index in [0.717, 1.165) is 4.90 Å². The molecule has 0 spiro atoms. The summed E-state index contributed by atoms with van der Waals surface area (Å²) in [5, 5.41) is 10.5. The fourth-order valence-corrected chi connectivity index (χ4v) is 1.77. The number of carbonyl (C=O) groups excluding carboxylic acids is 2. The summed E-state index contributed by atoms with van der Waals surface area (Å²) < 4.78 is 0. The van der Waals surface area contributed by atoms with Crippen molar-refractivity contribution in [3.8, 4) is 0 Å². The molecule has 0 aliphatic carbocycles. The number of non-ortho nitro benzene ring substituents is 1. The zero-order valence-corrected chi connectivity index (χ0v) is 10.6.